The SMILES string of the molecule is Cn1ccnc1C(=O)N1CCCCC1c1nc2ccc(F)cc2[nH]1.O=C(O)C(F)(F)F.O=C(O)C(F)(F)F. The first kappa shape index (κ1) is 30.0. The summed E-state index contributed by atoms with van der Waals surface area (Å²) in [6.07, 6.45) is -3.97. The molecule has 4 rings (SSSR count). The first-order chi connectivity index (χ1) is 17.5. The number of benzene rings is 1. The number of aryl methyl sites for hydroxylation is 1. The summed E-state index contributed by atoms with van der Waals surface area (Å²) in [6.45, 7) is 0.668. The highest BCUT2D eigenvalue weighted by molar-refractivity contribution is 5.91. The summed E-state index contributed by atoms with van der Waals surface area (Å²) >= 11 is 0. The Kier molecular flexibility index (Phi) is 9.42. The van der Waals surface area contributed by atoms with Crippen LogP contribution in [0.4, 0.5) is 30.7 Å². The van der Waals surface area contributed by atoms with E-state index in [4.69, 9.17) is 19.8 Å². The van der Waals surface area contributed by atoms with E-state index in [1.807, 2.05) is 11.9 Å². The first-order valence-corrected chi connectivity index (χ1v) is 10.6. The highest BCUT2D eigenvalue weighted by Gasteiger charge is 2.39. The number of H-pyrrole nitrogens is 1. The predicted molar refractivity (Wildman–Crippen MR) is 114 cm³/mol. The number of aliphatic carboxylic acids is 2. The fraction of sp³-hybridized carbons (Fsp3) is 0.381. The van der Waals surface area contributed by atoms with Crippen molar-refractivity contribution < 1.29 is 55.3 Å². The van der Waals surface area contributed by atoms with Gasteiger partial charge in [0, 0.05) is 26.0 Å². The van der Waals surface area contributed by atoms with Gasteiger partial charge in [0.1, 0.15) is 11.6 Å². The Morgan fingerprint density at radius 3 is 2.11 bits per heavy atom. The van der Waals surface area contributed by atoms with Gasteiger partial charge in [-0.2, -0.15) is 26.3 Å². The van der Waals surface area contributed by atoms with Crippen LogP contribution < -0.4 is 0 Å². The Balaban J connectivity index is 0.000000301. The van der Waals surface area contributed by atoms with Gasteiger partial charge < -0.3 is 24.7 Å². The molecule has 3 N–H and O–H groups in total. The molecule has 1 aromatic carbocycles. The third kappa shape index (κ3) is 7.91. The van der Waals surface area contributed by atoms with Crippen molar-refractivity contribution in [3.05, 3.63) is 48.1 Å². The van der Waals surface area contributed by atoms with Gasteiger partial charge in [0.2, 0.25) is 0 Å². The molecule has 208 valence electrons. The van der Waals surface area contributed by atoms with Gasteiger partial charge in [-0.15, -0.1) is 0 Å². The highest BCUT2D eigenvalue weighted by atomic mass is 19.4. The maximum Gasteiger partial charge on any atom is 0.490 e. The topological polar surface area (TPSA) is 141 Å². The van der Waals surface area contributed by atoms with Gasteiger partial charge >= 0.3 is 24.3 Å². The minimum absolute atomic E-state index is 0.0983. The van der Waals surface area contributed by atoms with Crippen LogP contribution in [0.15, 0.2) is 30.6 Å². The number of carbonyl (C=O) groups is 3. The van der Waals surface area contributed by atoms with Crippen molar-refractivity contribution in [2.45, 2.75) is 37.7 Å². The van der Waals surface area contributed by atoms with Crippen molar-refractivity contribution in [1.29, 1.82) is 0 Å². The number of imidazole rings is 2. The average molecular weight is 555 g/mol. The van der Waals surface area contributed by atoms with Crippen LogP contribution in [0, 0.1) is 5.82 Å². The number of hydrogen-bond acceptors (Lipinski definition) is 5. The normalized spacial score (nSPS) is 15.7. The number of carboxylic acid groups (broad SMARTS) is 2. The second-order valence-corrected chi connectivity index (χ2v) is 7.76. The molecular weight excluding hydrogens is 535 g/mol. The van der Waals surface area contributed by atoms with Crippen molar-refractivity contribution >= 4 is 28.9 Å². The van der Waals surface area contributed by atoms with Gasteiger partial charge in [-0.3, -0.25) is 4.79 Å². The summed E-state index contributed by atoms with van der Waals surface area (Å²) in [7, 11) is 1.81. The fourth-order valence-corrected chi connectivity index (χ4v) is 3.32. The van der Waals surface area contributed by atoms with Crippen LogP contribution >= 0.6 is 0 Å². The van der Waals surface area contributed by atoms with Gasteiger partial charge in [0.05, 0.1) is 17.1 Å². The molecule has 1 unspecified atom stereocenters. The molecule has 0 radical (unpaired) electrons. The lowest BCUT2D eigenvalue weighted by Crippen LogP contribution is -2.40. The number of rotatable bonds is 2. The maximum atomic E-state index is 13.4. The molecule has 38 heavy (non-hydrogen) atoms. The number of hydrogen-bond donors (Lipinski definition) is 3. The predicted octanol–water partition coefficient (Wildman–Crippen LogP) is 4.07. The van der Waals surface area contributed by atoms with Gasteiger partial charge in [0.15, 0.2) is 5.82 Å². The maximum absolute atomic E-state index is 13.4. The van der Waals surface area contributed by atoms with Crippen LogP contribution in [0.2, 0.25) is 0 Å². The third-order valence-electron chi connectivity index (χ3n) is 5.04. The molecule has 0 aliphatic carbocycles. The van der Waals surface area contributed by atoms with E-state index < -0.39 is 24.3 Å². The molecule has 1 amide bonds. The number of fused-ring (bicyclic) bond motifs is 1. The minimum Gasteiger partial charge on any atom is -0.475 e. The van der Waals surface area contributed by atoms with E-state index in [-0.39, 0.29) is 17.8 Å². The standard InChI is InChI=1S/C17H18FN5O.2C2HF3O2/c1-22-9-7-19-16(22)17(24)23-8-3-2-4-14(23)15-20-12-6-5-11(18)10-13(12)21-15;2*3-2(4,5)1(6)7/h5-7,9-10,14H,2-4,8H2,1H3,(H,20,21);2*(H,6,7). The molecule has 0 saturated carbocycles. The number of amides is 1. The number of likely N-dealkylation sites (tertiary alicyclic amines) is 1. The van der Waals surface area contributed by atoms with E-state index in [9.17, 15) is 35.5 Å². The molecule has 1 aliphatic heterocycles. The summed E-state index contributed by atoms with van der Waals surface area (Å²) in [6, 6.07) is 4.33. The van der Waals surface area contributed by atoms with Crippen molar-refractivity contribution in [1.82, 2.24) is 24.4 Å². The molecule has 3 heterocycles. The quantitative estimate of drug-likeness (QED) is 0.405. The highest BCUT2D eigenvalue weighted by Crippen LogP contribution is 2.31. The largest absolute Gasteiger partial charge is 0.490 e. The Bertz CT molecular complexity index is 1260. The zero-order chi connectivity index (χ0) is 28.8. The van der Waals surface area contributed by atoms with E-state index in [1.54, 1.807) is 23.0 Å². The zero-order valence-corrected chi connectivity index (χ0v) is 19.3. The molecule has 1 fully saturated rings. The van der Waals surface area contributed by atoms with Gasteiger partial charge in [0.25, 0.3) is 5.91 Å². The Morgan fingerprint density at radius 2 is 1.61 bits per heavy atom. The van der Waals surface area contributed by atoms with Crippen LogP contribution in [-0.4, -0.2) is 71.4 Å². The number of alkyl halides is 6. The minimum atomic E-state index is -5.08. The molecule has 2 aromatic heterocycles. The lowest BCUT2D eigenvalue weighted by Gasteiger charge is -2.34. The van der Waals surface area contributed by atoms with E-state index in [1.165, 1.54) is 12.1 Å². The molecule has 0 spiro atoms. The van der Waals surface area contributed by atoms with Crippen LogP contribution in [0.1, 0.15) is 41.7 Å². The van der Waals surface area contributed by atoms with E-state index in [2.05, 4.69) is 15.0 Å². The number of aromatic nitrogens is 4. The van der Waals surface area contributed by atoms with Crippen molar-refractivity contribution in [3.63, 3.8) is 0 Å². The fourth-order valence-electron chi connectivity index (χ4n) is 3.32. The number of halogens is 7. The molecular formula is C21H20F7N5O5. The second kappa shape index (κ2) is 11.9. The first-order valence-electron chi connectivity index (χ1n) is 10.6. The number of aromatic amines is 1. The van der Waals surface area contributed by atoms with Crippen molar-refractivity contribution in [2.24, 2.45) is 7.05 Å². The molecule has 1 aliphatic rings. The van der Waals surface area contributed by atoms with Crippen LogP contribution in [0.25, 0.3) is 11.0 Å². The second-order valence-electron chi connectivity index (χ2n) is 7.76. The van der Waals surface area contributed by atoms with Crippen molar-refractivity contribution in [2.75, 3.05) is 6.54 Å². The lowest BCUT2D eigenvalue weighted by atomic mass is 10.0. The van der Waals surface area contributed by atoms with Crippen LogP contribution in [0.5, 0.6) is 0 Å². The number of nitrogens with zero attached hydrogens (tertiary/aromatic N) is 4. The average Bonchev–Trinajstić information content (AvgIpc) is 3.43. The third-order valence-corrected chi connectivity index (χ3v) is 5.04. The van der Waals surface area contributed by atoms with Gasteiger partial charge in [-0.25, -0.2) is 23.9 Å². The Morgan fingerprint density at radius 1 is 1.03 bits per heavy atom. The van der Waals surface area contributed by atoms with Crippen LogP contribution in [-0.2, 0) is 16.6 Å². The summed E-state index contributed by atoms with van der Waals surface area (Å²) < 4.78 is 78.6. The number of carboxylic acids is 2. The summed E-state index contributed by atoms with van der Waals surface area (Å²) in [5.74, 6) is -4.79. The van der Waals surface area contributed by atoms with Crippen LogP contribution in [0.3, 0.4) is 0 Å². The summed E-state index contributed by atoms with van der Waals surface area (Å²) in [5.41, 5.74) is 1.36. The molecule has 17 heteroatoms. The molecule has 3 aromatic rings. The van der Waals surface area contributed by atoms with E-state index >= 15 is 0 Å². The molecule has 1 saturated heterocycles. The van der Waals surface area contributed by atoms with Gasteiger partial charge in [-0.1, -0.05) is 0 Å². The van der Waals surface area contributed by atoms with Crippen molar-refractivity contribution in [3.8, 4) is 0 Å². The smallest absolute Gasteiger partial charge is 0.475 e. The Hall–Kier alpha value is -4.18. The Labute approximate surface area is 208 Å². The van der Waals surface area contributed by atoms with E-state index in [0.29, 0.717) is 29.2 Å². The van der Waals surface area contributed by atoms with E-state index in [0.717, 1.165) is 19.3 Å². The summed E-state index contributed by atoms with van der Waals surface area (Å²) in [5, 5.41) is 14.2. The lowest BCUT2D eigenvalue weighted by molar-refractivity contribution is -0.193. The molecule has 0 bridgehead atoms. The zero-order valence-electron chi connectivity index (χ0n) is 19.3. The number of piperidine rings is 1. The summed E-state index contributed by atoms with van der Waals surface area (Å²) in [4.78, 5) is 44.4. The monoisotopic (exact) mass is 555 g/mol. The van der Waals surface area contributed by atoms with Gasteiger partial charge in [-0.05, 0) is 37.5 Å². The molecule has 1 atom stereocenters. The number of nitrogens with one attached hydrogen (secondary N) is 1. The molecule has 10 nitrogen and oxygen atoms in total. The number of carbonyl (C=O) groups excluding carboxylic acids is 1.